The molecule has 1 N–H and O–H groups in total. The number of halogens is 1. The lowest BCUT2D eigenvalue weighted by Gasteiger charge is -2.08. The minimum absolute atomic E-state index is 0.0254. The van der Waals surface area contributed by atoms with Gasteiger partial charge in [-0.15, -0.1) is 11.8 Å². The second kappa shape index (κ2) is 6.85. The summed E-state index contributed by atoms with van der Waals surface area (Å²) in [6, 6.07) is 9.06. The van der Waals surface area contributed by atoms with Crippen LogP contribution in [0.1, 0.15) is 6.92 Å². The van der Waals surface area contributed by atoms with E-state index in [-0.39, 0.29) is 5.57 Å². The average Bonchev–Trinajstić information content (AvgIpc) is 2.34. The monoisotopic (exact) mass is 263 g/mol. The van der Waals surface area contributed by atoms with Crippen LogP contribution in [0.4, 0.5) is 5.69 Å². The minimum Gasteiger partial charge on any atom is -0.359 e. The van der Waals surface area contributed by atoms with E-state index in [1.807, 2.05) is 12.1 Å². The SMILES string of the molecule is CCSc1ccc(Cl)cc1NC=C(C#N)C#N. The van der Waals surface area contributed by atoms with Crippen LogP contribution in [0.2, 0.25) is 5.02 Å². The lowest BCUT2D eigenvalue weighted by atomic mass is 10.3. The van der Waals surface area contributed by atoms with Crippen molar-refractivity contribution in [3.05, 3.63) is 35.0 Å². The Labute approximate surface area is 110 Å². The van der Waals surface area contributed by atoms with Crippen molar-refractivity contribution < 1.29 is 0 Å². The zero-order chi connectivity index (χ0) is 12.7. The third-order valence-electron chi connectivity index (χ3n) is 1.85. The molecule has 0 spiro atoms. The molecular weight excluding hydrogens is 254 g/mol. The number of nitrogens with zero attached hydrogens (tertiary/aromatic N) is 2. The Morgan fingerprint density at radius 2 is 2.18 bits per heavy atom. The molecule has 1 aromatic carbocycles. The number of nitrogens with one attached hydrogen (secondary N) is 1. The molecule has 86 valence electrons. The van der Waals surface area contributed by atoms with E-state index in [4.69, 9.17) is 22.1 Å². The van der Waals surface area contributed by atoms with Crippen LogP contribution in [0.15, 0.2) is 34.9 Å². The summed E-state index contributed by atoms with van der Waals surface area (Å²) in [5, 5.41) is 20.8. The van der Waals surface area contributed by atoms with Gasteiger partial charge in [-0.05, 0) is 24.0 Å². The molecule has 0 atom stereocenters. The first-order valence-corrected chi connectivity index (χ1v) is 6.27. The van der Waals surface area contributed by atoms with Crippen LogP contribution in [0.25, 0.3) is 0 Å². The maximum Gasteiger partial charge on any atom is 0.145 e. The molecule has 0 heterocycles. The van der Waals surface area contributed by atoms with Crippen LogP contribution in [0, 0.1) is 22.7 Å². The number of hydrogen-bond acceptors (Lipinski definition) is 4. The highest BCUT2D eigenvalue weighted by molar-refractivity contribution is 7.99. The Hall–Kier alpha value is -1.62. The van der Waals surface area contributed by atoms with E-state index in [0.717, 1.165) is 16.3 Å². The minimum atomic E-state index is 0.0254. The maximum atomic E-state index is 8.62. The van der Waals surface area contributed by atoms with Crippen molar-refractivity contribution in [3.8, 4) is 12.1 Å². The van der Waals surface area contributed by atoms with E-state index >= 15 is 0 Å². The van der Waals surface area contributed by atoms with Gasteiger partial charge < -0.3 is 5.32 Å². The summed E-state index contributed by atoms with van der Waals surface area (Å²) in [6.07, 6.45) is 1.38. The normalized spacial score (nSPS) is 8.94. The van der Waals surface area contributed by atoms with Crippen molar-refractivity contribution >= 4 is 29.1 Å². The zero-order valence-corrected chi connectivity index (χ0v) is 10.8. The fourth-order valence-corrected chi connectivity index (χ4v) is 2.06. The van der Waals surface area contributed by atoms with Crippen molar-refractivity contribution in [2.75, 3.05) is 11.1 Å². The van der Waals surface area contributed by atoms with Gasteiger partial charge in [0.25, 0.3) is 0 Å². The third-order valence-corrected chi connectivity index (χ3v) is 3.05. The van der Waals surface area contributed by atoms with Crippen LogP contribution < -0.4 is 5.32 Å². The lowest BCUT2D eigenvalue weighted by Crippen LogP contribution is -1.92. The summed E-state index contributed by atoms with van der Waals surface area (Å²) in [6.45, 7) is 2.05. The molecule has 0 amide bonds. The summed E-state index contributed by atoms with van der Waals surface area (Å²) >= 11 is 7.56. The molecule has 0 radical (unpaired) electrons. The van der Waals surface area contributed by atoms with Gasteiger partial charge in [-0.2, -0.15) is 10.5 Å². The van der Waals surface area contributed by atoms with Crippen molar-refractivity contribution in [2.24, 2.45) is 0 Å². The smallest absolute Gasteiger partial charge is 0.145 e. The number of hydrogen-bond donors (Lipinski definition) is 1. The van der Waals surface area contributed by atoms with Gasteiger partial charge in [-0.25, -0.2) is 0 Å². The summed E-state index contributed by atoms with van der Waals surface area (Å²) in [7, 11) is 0. The third kappa shape index (κ3) is 4.03. The predicted molar refractivity (Wildman–Crippen MR) is 70.8 cm³/mol. The average molecular weight is 264 g/mol. The molecule has 17 heavy (non-hydrogen) atoms. The van der Waals surface area contributed by atoms with Gasteiger partial charge in [0.1, 0.15) is 17.7 Å². The molecule has 5 heteroatoms. The van der Waals surface area contributed by atoms with Crippen LogP contribution in [0.5, 0.6) is 0 Å². The number of benzene rings is 1. The molecular formula is C12H10ClN3S. The first-order valence-electron chi connectivity index (χ1n) is 4.90. The summed E-state index contributed by atoms with van der Waals surface area (Å²) in [5.74, 6) is 0.934. The number of nitriles is 2. The quantitative estimate of drug-likeness (QED) is 0.663. The molecule has 3 nitrogen and oxygen atoms in total. The second-order valence-corrected chi connectivity index (χ2v) is 4.74. The molecule has 0 aliphatic heterocycles. The lowest BCUT2D eigenvalue weighted by molar-refractivity contribution is 1.38. The van der Waals surface area contributed by atoms with E-state index in [1.54, 1.807) is 30.0 Å². The Morgan fingerprint density at radius 1 is 1.47 bits per heavy atom. The van der Waals surface area contributed by atoms with E-state index < -0.39 is 0 Å². The Bertz CT molecular complexity index is 495. The Morgan fingerprint density at radius 3 is 2.76 bits per heavy atom. The first kappa shape index (κ1) is 13.4. The van der Waals surface area contributed by atoms with E-state index in [9.17, 15) is 0 Å². The zero-order valence-electron chi connectivity index (χ0n) is 9.20. The van der Waals surface area contributed by atoms with Crippen molar-refractivity contribution in [3.63, 3.8) is 0 Å². The van der Waals surface area contributed by atoms with Gasteiger partial charge in [-0.1, -0.05) is 18.5 Å². The van der Waals surface area contributed by atoms with E-state index in [1.165, 1.54) is 6.20 Å². The predicted octanol–water partition coefficient (Wildman–Crippen LogP) is 3.79. The number of rotatable bonds is 4. The highest BCUT2D eigenvalue weighted by Crippen LogP contribution is 2.29. The summed E-state index contributed by atoms with van der Waals surface area (Å²) in [5.41, 5.74) is 0.824. The summed E-state index contributed by atoms with van der Waals surface area (Å²) < 4.78 is 0. The van der Waals surface area contributed by atoms with Crippen LogP contribution in [-0.2, 0) is 0 Å². The fourth-order valence-electron chi connectivity index (χ4n) is 1.14. The van der Waals surface area contributed by atoms with Gasteiger partial charge in [-0.3, -0.25) is 0 Å². The van der Waals surface area contributed by atoms with Gasteiger partial charge in [0.15, 0.2) is 0 Å². The van der Waals surface area contributed by atoms with E-state index in [0.29, 0.717) is 5.02 Å². The van der Waals surface area contributed by atoms with Crippen LogP contribution in [-0.4, -0.2) is 5.75 Å². The van der Waals surface area contributed by atoms with Crippen molar-refractivity contribution in [1.29, 1.82) is 10.5 Å². The molecule has 1 rings (SSSR count). The maximum absolute atomic E-state index is 8.62. The molecule has 0 saturated carbocycles. The topological polar surface area (TPSA) is 59.6 Å². The van der Waals surface area contributed by atoms with Crippen molar-refractivity contribution in [2.45, 2.75) is 11.8 Å². The number of thioether (sulfide) groups is 1. The van der Waals surface area contributed by atoms with Crippen LogP contribution >= 0.6 is 23.4 Å². The van der Waals surface area contributed by atoms with E-state index in [2.05, 4.69) is 12.2 Å². The van der Waals surface area contributed by atoms with Gasteiger partial charge in [0, 0.05) is 16.1 Å². The first-order chi connectivity index (χ1) is 8.21. The Kier molecular flexibility index (Phi) is 5.42. The van der Waals surface area contributed by atoms with Gasteiger partial charge >= 0.3 is 0 Å². The van der Waals surface area contributed by atoms with Gasteiger partial charge in [0.2, 0.25) is 0 Å². The summed E-state index contributed by atoms with van der Waals surface area (Å²) in [4.78, 5) is 1.03. The molecule has 0 aromatic heterocycles. The molecule has 0 unspecified atom stereocenters. The molecule has 0 bridgehead atoms. The molecule has 0 saturated heterocycles. The number of allylic oxidation sites excluding steroid dienone is 1. The Balaban J connectivity index is 2.97. The highest BCUT2D eigenvalue weighted by Gasteiger charge is 2.02. The largest absolute Gasteiger partial charge is 0.359 e. The van der Waals surface area contributed by atoms with Gasteiger partial charge in [0.05, 0.1) is 5.69 Å². The second-order valence-electron chi connectivity index (χ2n) is 3.00. The highest BCUT2D eigenvalue weighted by atomic mass is 35.5. The van der Waals surface area contributed by atoms with Crippen molar-refractivity contribution in [1.82, 2.24) is 0 Å². The molecule has 0 aliphatic rings. The molecule has 0 fully saturated rings. The number of anilines is 1. The van der Waals surface area contributed by atoms with Crippen LogP contribution in [0.3, 0.4) is 0 Å². The molecule has 1 aromatic rings. The standard InChI is InChI=1S/C12H10ClN3S/c1-2-17-12-4-3-10(13)5-11(12)16-8-9(6-14)7-15/h3-5,8,16H,2H2,1H3. The fraction of sp³-hybridized carbons (Fsp3) is 0.167. The molecule has 0 aliphatic carbocycles.